The SMILES string of the molecule is CC(C)(C)c1ccc(-c2nc3cc4c(cc3s2)N(c2cc(C(C)(C)C)cc(C(C)(C)C)c2)c2cc(C(C)(C)C)cc3c2B4c2ccc(N(c4ccc(C(C)(C)C)cc4)c4ccc(C(C)(C)C)cc4)cc2N3c2ccc(C(C)(C)C)cc2)cc1. The minimum absolute atomic E-state index is 0.0119. The highest BCUT2D eigenvalue weighted by atomic mass is 32.1. The lowest BCUT2D eigenvalue weighted by molar-refractivity contribution is 0.568. The van der Waals surface area contributed by atoms with Crippen LogP contribution in [0.15, 0.2) is 158 Å². The summed E-state index contributed by atoms with van der Waals surface area (Å²) in [4.78, 5) is 13.3. The lowest BCUT2D eigenvalue weighted by atomic mass is 9.33. The van der Waals surface area contributed by atoms with Crippen LogP contribution >= 0.6 is 11.3 Å². The topological polar surface area (TPSA) is 22.6 Å². The molecule has 3 heterocycles. The summed E-state index contributed by atoms with van der Waals surface area (Å²) in [6.07, 6.45) is 0. The maximum absolute atomic E-state index is 5.56. The summed E-state index contributed by atoms with van der Waals surface area (Å²) < 4.78 is 1.18. The molecular weight excluding hydrogens is 1020 g/mol. The van der Waals surface area contributed by atoms with Crippen LogP contribution in [-0.4, -0.2) is 11.7 Å². The molecule has 426 valence electrons. The number of rotatable bonds is 6. The molecule has 0 unspecified atom stereocenters. The fourth-order valence-corrected chi connectivity index (χ4v) is 13.1. The van der Waals surface area contributed by atoms with E-state index in [4.69, 9.17) is 4.98 Å². The fourth-order valence-electron chi connectivity index (χ4n) is 12.2. The first-order chi connectivity index (χ1) is 38.5. The largest absolute Gasteiger partial charge is 0.311 e. The van der Waals surface area contributed by atoms with Gasteiger partial charge in [0.25, 0.3) is 6.71 Å². The fraction of sp³-hybridized carbons (Fsp3) is 0.364. The Morgan fingerprint density at radius 2 is 0.723 bits per heavy atom. The van der Waals surface area contributed by atoms with Crippen LogP contribution in [0, 0.1) is 0 Å². The van der Waals surface area contributed by atoms with Crippen LogP contribution in [0.4, 0.5) is 51.2 Å². The molecule has 2 aliphatic rings. The summed E-state index contributed by atoms with van der Waals surface area (Å²) in [6.45, 7) is 48.7. The second-order valence-electron chi connectivity index (χ2n) is 31.2. The summed E-state index contributed by atoms with van der Waals surface area (Å²) in [7, 11) is 0. The number of hydrogen-bond acceptors (Lipinski definition) is 5. The Bertz CT molecular complexity index is 3840. The Kier molecular flexibility index (Phi) is 13.9. The van der Waals surface area contributed by atoms with Gasteiger partial charge in [-0.1, -0.05) is 218 Å². The highest BCUT2D eigenvalue weighted by Gasteiger charge is 2.45. The zero-order valence-corrected chi connectivity index (χ0v) is 54.6. The summed E-state index contributed by atoms with van der Waals surface area (Å²) in [6, 6.07) is 61.9. The highest BCUT2D eigenvalue weighted by molar-refractivity contribution is 7.21. The molecule has 6 heteroatoms. The average Bonchev–Trinajstić information content (AvgIpc) is 1.31. The van der Waals surface area contributed by atoms with Crippen LogP contribution in [0.25, 0.3) is 20.8 Å². The molecule has 0 spiro atoms. The Labute approximate surface area is 503 Å². The lowest BCUT2D eigenvalue weighted by Crippen LogP contribution is -2.61. The first-order valence-corrected chi connectivity index (χ1v) is 31.1. The Hall–Kier alpha value is -6.89. The number of hydrogen-bond donors (Lipinski definition) is 0. The van der Waals surface area contributed by atoms with E-state index in [2.05, 4.69) is 318 Å². The van der Waals surface area contributed by atoms with Gasteiger partial charge in [0, 0.05) is 56.7 Å². The number of nitrogens with zero attached hydrogens (tertiary/aromatic N) is 4. The van der Waals surface area contributed by atoms with E-state index < -0.39 is 0 Å². The van der Waals surface area contributed by atoms with Crippen LogP contribution in [0.3, 0.4) is 0 Å². The van der Waals surface area contributed by atoms with Crippen molar-refractivity contribution in [1.29, 1.82) is 0 Å². The summed E-state index contributed by atoms with van der Waals surface area (Å²) in [5, 5.41) is 1.04. The smallest absolute Gasteiger partial charge is 0.252 e. The van der Waals surface area contributed by atoms with Crippen molar-refractivity contribution in [2.75, 3.05) is 14.7 Å². The normalized spacial score (nSPS) is 14.0. The molecule has 4 nitrogen and oxygen atoms in total. The molecule has 2 aliphatic heterocycles. The van der Waals surface area contributed by atoms with E-state index in [9.17, 15) is 0 Å². The third kappa shape index (κ3) is 10.9. The van der Waals surface area contributed by atoms with Crippen LogP contribution in [0.5, 0.6) is 0 Å². The molecule has 1 aromatic heterocycles. The molecule has 0 fully saturated rings. The number of thiazole rings is 1. The van der Waals surface area contributed by atoms with Gasteiger partial charge in [-0.25, -0.2) is 4.98 Å². The zero-order valence-electron chi connectivity index (χ0n) is 53.8. The van der Waals surface area contributed by atoms with Gasteiger partial charge in [0.1, 0.15) is 5.01 Å². The van der Waals surface area contributed by atoms with Gasteiger partial charge in [-0.2, -0.15) is 0 Å². The first-order valence-electron chi connectivity index (χ1n) is 30.3. The number of anilines is 9. The van der Waals surface area contributed by atoms with Gasteiger partial charge in [-0.05, 0) is 178 Å². The predicted octanol–water partition coefficient (Wildman–Crippen LogP) is 20.6. The van der Waals surface area contributed by atoms with Crippen LogP contribution in [-0.2, 0) is 37.9 Å². The van der Waals surface area contributed by atoms with Gasteiger partial charge in [0.15, 0.2) is 0 Å². The minimum atomic E-state index is -0.186. The molecule has 9 aromatic rings. The molecule has 0 radical (unpaired) electrons. The standard InChI is InChI=1S/C77H89BN4S/c1-71(2,3)49-24-22-48(23-25-49)70-79-63-46-62-65(47-68(63)83-70)82(60-41-53(75(13,14)15)40-54(42-60)76(16,17)18)67-44-55(77(19,20)21)43-66-69(67)78(62)61-39-38-59(45-64(61)81(66)58-36-30-52(31-37-58)74(10,11)12)80(56-32-26-50(27-33-56)72(4,5)6)57-34-28-51(29-35-57)73(7,8)9/h22-47H,1-21H3. The van der Waals surface area contributed by atoms with E-state index in [-0.39, 0.29) is 44.6 Å². The molecule has 8 aromatic carbocycles. The highest BCUT2D eigenvalue weighted by Crippen LogP contribution is 2.50. The summed E-state index contributed by atoms with van der Waals surface area (Å²) >= 11 is 1.80. The van der Waals surface area contributed by atoms with E-state index in [0.717, 1.165) is 38.8 Å². The van der Waals surface area contributed by atoms with Crippen molar-refractivity contribution in [3.8, 4) is 10.6 Å². The van der Waals surface area contributed by atoms with Gasteiger partial charge in [-0.15, -0.1) is 11.3 Å². The van der Waals surface area contributed by atoms with Crippen molar-refractivity contribution in [3.05, 3.63) is 197 Å². The Morgan fingerprint density at radius 3 is 1.17 bits per heavy atom. The number of benzene rings is 8. The minimum Gasteiger partial charge on any atom is -0.311 e. The quantitative estimate of drug-likeness (QED) is 0.155. The molecule has 0 atom stereocenters. The zero-order chi connectivity index (χ0) is 59.9. The van der Waals surface area contributed by atoms with Crippen LogP contribution in [0.2, 0.25) is 0 Å². The third-order valence-electron chi connectivity index (χ3n) is 17.6. The van der Waals surface area contributed by atoms with Crippen molar-refractivity contribution in [3.63, 3.8) is 0 Å². The first kappa shape index (κ1) is 57.9. The Morgan fingerprint density at radius 1 is 0.337 bits per heavy atom. The summed E-state index contributed by atoms with van der Waals surface area (Å²) in [5.74, 6) is 0. The van der Waals surface area contributed by atoms with Crippen molar-refractivity contribution in [1.82, 2.24) is 4.98 Å². The average molecular weight is 1110 g/mol. The summed E-state index contributed by atoms with van der Waals surface area (Å²) in [5.41, 5.74) is 25.4. The number of fused-ring (bicyclic) bond motifs is 5. The van der Waals surface area contributed by atoms with E-state index in [1.54, 1.807) is 11.3 Å². The molecule has 0 aliphatic carbocycles. The van der Waals surface area contributed by atoms with E-state index >= 15 is 0 Å². The van der Waals surface area contributed by atoms with Gasteiger partial charge in [0.05, 0.1) is 10.2 Å². The van der Waals surface area contributed by atoms with Crippen molar-refractivity contribution in [2.45, 2.75) is 183 Å². The van der Waals surface area contributed by atoms with Gasteiger partial charge in [0.2, 0.25) is 0 Å². The van der Waals surface area contributed by atoms with Crippen LogP contribution in [0.1, 0.15) is 184 Å². The molecule has 0 saturated heterocycles. The molecule has 83 heavy (non-hydrogen) atoms. The third-order valence-corrected chi connectivity index (χ3v) is 18.6. The molecule has 0 N–H and O–H groups in total. The van der Waals surface area contributed by atoms with Crippen molar-refractivity contribution < 1.29 is 0 Å². The molecule has 0 amide bonds. The van der Waals surface area contributed by atoms with Gasteiger partial charge >= 0.3 is 0 Å². The van der Waals surface area contributed by atoms with E-state index in [0.29, 0.717) is 0 Å². The maximum atomic E-state index is 5.56. The monoisotopic (exact) mass is 1110 g/mol. The Balaban J connectivity index is 1.24. The number of aromatic nitrogens is 1. The van der Waals surface area contributed by atoms with Gasteiger partial charge in [-0.3, -0.25) is 0 Å². The molecule has 11 rings (SSSR count). The second-order valence-corrected chi connectivity index (χ2v) is 32.3. The van der Waals surface area contributed by atoms with Crippen molar-refractivity contribution in [2.24, 2.45) is 0 Å². The molecule has 0 saturated carbocycles. The van der Waals surface area contributed by atoms with Crippen LogP contribution < -0.4 is 31.1 Å². The van der Waals surface area contributed by atoms with E-state index in [1.807, 2.05) is 0 Å². The molecular formula is C77H89BN4S. The molecule has 0 bridgehead atoms. The maximum Gasteiger partial charge on any atom is 0.252 e. The van der Waals surface area contributed by atoms with E-state index in [1.165, 1.54) is 88.5 Å². The van der Waals surface area contributed by atoms with Crippen molar-refractivity contribution >= 4 is 95.8 Å². The van der Waals surface area contributed by atoms with Gasteiger partial charge < -0.3 is 14.7 Å². The lowest BCUT2D eigenvalue weighted by Gasteiger charge is -2.45. The second kappa shape index (κ2) is 19.9. The predicted molar refractivity (Wildman–Crippen MR) is 365 cm³/mol.